The summed E-state index contributed by atoms with van der Waals surface area (Å²) in [6.45, 7) is 1.23. The highest BCUT2D eigenvalue weighted by molar-refractivity contribution is 7.71. The molecule has 2 aliphatic rings. The summed E-state index contributed by atoms with van der Waals surface area (Å²) in [6, 6.07) is 13.3. The first-order valence-electron chi connectivity index (χ1n) is 16.8. The number of aromatic hydroxyl groups is 2. The van der Waals surface area contributed by atoms with Crippen LogP contribution >= 0.6 is 70.6 Å². The molecule has 1 atom stereocenters. The topological polar surface area (TPSA) is 144 Å². The van der Waals surface area contributed by atoms with Crippen molar-refractivity contribution in [3.63, 3.8) is 0 Å². The molecule has 0 aliphatic carbocycles. The molecule has 276 valence electrons. The fourth-order valence-electron chi connectivity index (χ4n) is 7.08. The van der Waals surface area contributed by atoms with Gasteiger partial charge in [-0.3, -0.25) is 18.7 Å². The summed E-state index contributed by atoms with van der Waals surface area (Å²) in [5.41, 5.74) is 4.13. The zero-order chi connectivity index (χ0) is 37.8. The number of amides is 2. The molecule has 0 spiro atoms. The third-order valence-corrected chi connectivity index (χ3v) is 12.0. The summed E-state index contributed by atoms with van der Waals surface area (Å²) in [7, 11) is 0. The molecule has 18 heteroatoms. The van der Waals surface area contributed by atoms with E-state index in [0.717, 1.165) is 37.1 Å². The number of anilines is 2. The van der Waals surface area contributed by atoms with Crippen molar-refractivity contribution in [2.24, 2.45) is 0 Å². The molecule has 4 aromatic heterocycles. The Labute approximate surface area is 337 Å². The Bertz CT molecular complexity index is 2610. The zero-order valence-corrected chi connectivity index (χ0v) is 32.8. The maximum atomic E-state index is 13.5. The molecule has 1 unspecified atom stereocenters. The van der Waals surface area contributed by atoms with E-state index in [-0.39, 0.29) is 39.5 Å². The minimum Gasteiger partial charge on any atom is -0.493 e. The van der Waals surface area contributed by atoms with Crippen LogP contribution in [0.3, 0.4) is 0 Å². The third kappa shape index (κ3) is 6.62. The minimum atomic E-state index is -0.491. The van der Waals surface area contributed by atoms with Crippen LogP contribution < -0.4 is 10.6 Å². The molecule has 8 rings (SSSR count). The van der Waals surface area contributed by atoms with Gasteiger partial charge in [0.15, 0.2) is 14.5 Å². The monoisotopic (exact) mass is 838 g/mol. The normalized spacial score (nSPS) is 15.1. The summed E-state index contributed by atoms with van der Waals surface area (Å²) in [5.74, 6) is -0.947. The third-order valence-electron chi connectivity index (χ3n) is 9.66. The Hall–Kier alpha value is -4.51. The second-order valence-corrected chi connectivity index (χ2v) is 15.7. The SMILES string of the molecule is O=C(Nc1ccc(-n2c(O)c3n(c2=S)CCCC3)c(Cl)c1)c1cc(C2CCn3c(c(O)n(-c4ccc(NC(=O)c5nccs5)cc4Cl)c3=S)C2)cc(Cl)n1. The van der Waals surface area contributed by atoms with Crippen molar-refractivity contribution in [2.45, 2.75) is 51.1 Å². The lowest BCUT2D eigenvalue weighted by Gasteiger charge is -2.24. The molecule has 0 bridgehead atoms. The van der Waals surface area contributed by atoms with Crippen molar-refractivity contribution in [3.8, 4) is 23.1 Å². The van der Waals surface area contributed by atoms with Crippen molar-refractivity contribution in [3.05, 3.63) is 113 Å². The Kier molecular flexibility index (Phi) is 9.87. The van der Waals surface area contributed by atoms with Gasteiger partial charge in [0.25, 0.3) is 11.8 Å². The standard InChI is InChI=1S/C36H29Cl3N8O4S3/c37-22-16-20(4-6-25(22)46-33(50)27-3-1-2-10-44(27)35(46)52)41-30(48)24-13-19(15-29(39)43-24)18-8-11-45-28(14-18)34(51)47(36(45)53)26-7-5-21(17-23(26)38)42-31(49)32-40-9-12-54-32/h4-7,9,12-13,15-18,50-51H,1-3,8,10-11,14H2,(H,41,48)(H,42,49). The highest BCUT2D eigenvalue weighted by Crippen LogP contribution is 2.39. The van der Waals surface area contributed by atoms with Gasteiger partial charge >= 0.3 is 0 Å². The Morgan fingerprint density at radius 2 is 1.44 bits per heavy atom. The van der Waals surface area contributed by atoms with E-state index >= 15 is 0 Å². The first-order chi connectivity index (χ1) is 26.0. The van der Waals surface area contributed by atoms with Gasteiger partial charge in [-0.15, -0.1) is 11.3 Å². The lowest BCUT2D eigenvalue weighted by atomic mass is 9.89. The fraction of sp³-hybridized carbons (Fsp3) is 0.222. The minimum absolute atomic E-state index is 0.0558. The van der Waals surface area contributed by atoms with Gasteiger partial charge in [-0.05, 0) is 110 Å². The van der Waals surface area contributed by atoms with Crippen molar-refractivity contribution in [2.75, 3.05) is 10.6 Å². The molecular formula is C36H29Cl3N8O4S3. The molecule has 2 aliphatic heterocycles. The molecule has 0 saturated heterocycles. The van der Waals surface area contributed by atoms with Gasteiger partial charge in [-0.1, -0.05) is 34.8 Å². The van der Waals surface area contributed by atoms with Crippen molar-refractivity contribution in [1.82, 2.24) is 28.2 Å². The number of benzene rings is 2. The molecule has 0 fully saturated rings. The number of aromatic nitrogens is 6. The van der Waals surface area contributed by atoms with Crippen molar-refractivity contribution < 1.29 is 19.8 Å². The van der Waals surface area contributed by atoms with Gasteiger partial charge in [0.05, 0.1) is 32.8 Å². The van der Waals surface area contributed by atoms with Crippen LogP contribution in [-0.2, 0) is 25.9 Å². The molecule has 0 radical (unpaired) electrons. The number of carbonyl (C=O) groups is 2. The van der Waals surface area contributed by atoms with Gasteiger partial charge in [-0.2, -0.15) is 0 Å². The number of hydrogen-bond acceptors (Lipinski definition) is 9. The first kappa shape index (κ1) is 36.5. The quantitative estimate of drug-likeness (QED) is 0.0921. The largest absolute Gasteiger partial charge is 0.493 e. The van der Waals surface area contributed by atoms with Crippen LogP contribution in [-0.4, -0.2) is 50.3 Å². The maximum Gasteiger partial charge on any atom is 0.284 e. The van der Waals surface area contributed by atoms with E-state index in [1.165, 1.54) is 15.9 Å². The predicted octanol–water partition coefficient (Wildman–Crippen LogP) is 9.12. The zero-order valence-electron chi connectivity index (χ0n) is 28.1. The van der Waals surface area contributed by atoms with Crippen LogP contribution in [0.25, 0.3) is 11.4 Å². The number of hydrogen-bond donors (Lipinski definition) is 4. The number of fused-ring (bicyclic) bond motifs is 2. The molecule has 12 nitrogen and oxygen atoms in total. The highest BCUT2D eigenvalue weighted by atomic mass is 35.5. The van der Waals surface area contributed by atoms with Gasteiger partial charge in [0.1, 0.15) is 10.8 Å². The number of imidazole rings is 2. The molecular weight excluding hydrogens is 811 g/mol. The van der Waals surface area contributed by atoms with E-state index < -0.39 is 5.91 Å². The number of nitrogens with one attached hydrogen (secondary N) is 2. The molecule has 54 heavy (non-hydrogen) atoms. The predicted molar refractivity (Wildman–Crippen MR) is 214 cm³/mol. The number of rotatable bonds is 7. The summed E-state index contributed by atoms with van der Waals surface area (Å²) in [6.07, 6.45) is 5.29. The number of thiazole rings is 1. The number of halogens is 3. The van der Waals surface area contributed by atoms with E-state index in [1.54, 1.807) is 64.7 Å². The van der Waals surface area contributed by atoms with Crippen molar-refractivity contribution in [1.29, 1.82) is 0 Å². The molecule has 2 aromatic carbocycles. The molecule has 0 saturated carbocycles. The van der Waals surface area contributed by atoms with Gasteiger partial charge < -0.3 is 30.0 Å². The Morgan fingerprint density at radius 1 is 0.815 bits per heavy atom. The van der Waals surface area contributed by atoms with Crippen LogP contribution in [0.15, 0.2) is 60.1 Å². The lowest BCUT2D eigenvalue weighted by Crippen LogP contribution is -2.19. The Morgan fingerprint density at radius 3 is 2.06 bits per heavy atom. The average Bonchev–Trinajstić information content (AvgIpc) is 3.85. The second kappa shape index (κ2) is 14.6. The van der Waals surface area contributed by atoms with E-state index in [9.17, 15) is 19.8 Å². The summed E-state index contributed by atoms with van der Waals surface area (Å²) < 4.78 is 7.71. The van der Waals surface area contributed by atoms with E-state index in [4.69, 9.17) is 59.2 Å². The van der Waals surface area contributed by atoms with E-state index in [1.807, 2.05) is 9.13 Å². The van der Waals surface area contributed by atoms with Crippen LogP contribution in [0.5, 0.6) is 11.8 Å². The molecule has 6 aromatic rings. The number of nitrogens with zero attached hydrogens (tertiary/aromatic N) is 6. The Balaban J connectivity index is 1.00. The fourth-order valence-corrected chi connectivity index (χ4v) is 9.13. The molecule has 4 N–H and O–H groups in total. The van der Waals surface area contributed by atoms with Crippen LogP contribution in [0.2, 0.25) is 15.2 Å². The van der Waals surface area contributed by atoms with Crippen molar-refractivity contribution >= 4 is 93.8 Å². The first-order valence-corrected chi connectivity index (χ1v) is 19.7. The van der Waals surface area contributed by atoms with Gasteiger partial charge in [0, 0.05) is 42.5 Å². The van der Waals surface area contributed by atoms with Crippen LogP contribution in [0, 0.1) is 9.54 Å². The van der Waals surface area contributed by atoms with E-state index in [0.29, 0.717) is 67.4 Å². The number of carbonyl (C=O) groups excluding carboxylic acids is 2. The van der Waals surface area contributed by atoms with Gasteiger partial charge in [0.2, 0.25) is 11.8 Å². The average molecular weight is 840 g/mol. The smallest absolute Gasteiger partial charge is 0.284 e. The molecule has 6 heterocycles. The molecule has 2 amide bonds. The maximum absolute atomic E-state index is 13.5. The highest BCUT2D eigenvalue weighted by Gasteiger charge is 2.29. The van der Waals surface area contributed by atoms with Crippen LogP contribution in [0.1, 0.15) is 62.4 Å². The van der Waals surface area contributed by atoms with Gasteiger partial charge in [-0.25, -0.2) is 9.97 Å². The number of pyridine rings is 1. The van der Waals surface area contributed by atoms with E-state index in [2.05, 4.69) is 20.6 Å². The summed E-state index contributed by atoms with van der Waals surface area (Å²) in [5, 5.41) is 30.8. The van der Waals surface area contributed by atoms with Crippen LogP contribution in [0.4, 0.5) is 11.4 Å². The lowest BCUT2D eigenvalue weighted by molar-refractivity contribution is 0.101. The summed E-state index contributed by atoms with van der Waals surface area (Å²) in [4.78, 5) is 34.3. The second-order valence-electron chi connectivity index (χ2n) is 12.9. The summed E-state index contributed by atoms with van der Waals surface area (Å²) >= 11 is 32.5.